The van der Waals surface area contributed by atoms with Gasteiger partial charge in [-0.2, -0.15) is 0 Å². The van der Waals surface area contributed by atoms with Gasteiger partial charge in [0, 0.05) is 0 Å². The highest BCUT2D eigenvalue weighted by atomic mass is 16.5. The number of hydrogen-bond acceptors (Lipinski definition) is 3. The molecule has 1 aromatic carbocycles. The molecule has 1 aliphatic heterocycles. The van der Waals surface area contributed by atoms with Crippen LogP contribution in [-0.4, -0.2) is 29.5 Å². The summed E-state index contributed by atoms with van der Waals surface area (Å²) in [5.41, 5.74) is 0.642. The number of rotatable bonds is 2. The van der Waals surface area contributed by atoms with E-state index in [1.54, 1.807) is 0 Å². The van der Waals surface area contributed by atoms with Gasteiger partial charge >= 0.3 is 6.09 Å². The molecule has 0 spiro atoms. The van der Waals surface area contributed by atoms with E-state index in [1.165, 1.54) is 0 Å². The Labute approximate surface area is 92.7 Å². The second-order valence-electron chi connectivity index (χ2n) is 3.82. The fraction of sp³-hybridized carbons (Fsp3) is 0.364. The van der Waals surface area contributed by atoms with E-state index in [0.717, 1.165) is 11.1 Å². The molecule has 3 N–H and O–H groups in total. The molecule has 2 rings (SSSR count). The molecule has 0 bridgehead atoms. The maximum atomic E-state index is 10.8. The van der Waals surface area contributed by atoms with Crippen LogP contribution < -0.4 is 5.32 Å². The quantitative estimate of drug-likeness (QED) is 0.688. The summed E-state index contributed by atoms with van der Waals surface area (Å²) in [4.78, 5) is 10.8. The second-order valence-corrected chi connectivity index (χ2v) is 3.82. The van der Waals surface area contributed by atoms with Crippen molar-refractivity contribution < 1.29 is 19.7 Å². The zero-order valence-electron chi connectivity index (χ0n) is 8.64. The van der Waals surface area contributed by atoms with Crippen LogP contribution in [0.1, 0.15) is 11.1 Å². The van der Waals surface area contributed by atoms with Crippen LogP contribution in [0.4, 0.5) is 4.79 Å². The summed E-state index contributed by atoms with van der Waals surface area (Å²) < 4.78 is 5.32. The molecule has 0 aliphatic carbocycles. The zero-order valence-corrected chi connectivity index (χ0v) is 8.64. The lowest BCUT2D eigenvalue weighted by Gasteiger charge is -2.37. The van der Waals surface area contributed by atoms with Crippen LogP contribution >= 0.6 is 0 Å². The Hall–Kier alpha value is -1.59. The molecule has 5 nitrogen and oxygen atoms in total. The van der Waals surface area contributed by atoms with Gasteiger partial charge in [0.05, 0.1) is 19.8 Å². The molecule has 0 fully saturated rings. The van der Waals surface area contributed by atoms with E-state index < -0.39 is 11.6 Å². The number of carbonyl (C=O) groups is 1. The maximum absolute atomic E-state index is 10.8. The number of fused-ring (bicyclic) bond motifs is 1. The van der Waals surface area contributed by atoms with Gasteiger partial charge in [-0.05, 0) is 11.1 Å². The maximum Gasteiger partial charge on any atom is 0.405 e. The summed E-state index contributed by atoms with van der Waals surface area (Å²) in [5.74, 6) is 0. The van der Waals surface area contributed by atoms with Crippen molar-refractivity contribution in [3.05, 3.63) is 35.4 Å². The monoisotopic (exact) mass is 223 g/mol. The topological polar surface area (TPSA) is 78.8 Å². The van der Waals surface area contributed by atoms with E-state index in [-0.39, 0.29) is 13.2 Å². The van der Waals surface area contributed by atoms with Crippen LogP contribution in [0.5, 0.6) is 0 Å². The fourth-order valence-electron chi connectivity index (χ4n) is 2.00. The Kier molecular flexibility index (Phi) is 2.80. The van der Waals surface area contributed by atoms with Gasteiger partial charge in [0.2, 0.25) is 0 Å². The van der Waals surface area contributed by atoms with Crippen LogP contribution in [0.25, 0.3) is 0 Å². The SMILES string of the molecule is O=C(O)NC1(CO)COCc2ccccc21. The summed E-state index contributed by atoms with van der Waals surface area (Å²) in [6, 6.07) is 7.35. The van der Waals surface area contributed by atoms with Crippen molar-refractivity contribution in [2.75, 3.05) is 13.2 Å². The first kappa shape index (κ1) is 10.9. The molecule has 1 amide bonds. The van der Waals surface area contributed by atoms with Gasteiger partial charge < -0.3 is 20.3 Å². The first-order valence-corrected chi connectivity index (χ1v) is 4.96. The minimum Gasteiger partial charge on any atom is -0.465 e. The third-order valence-electron chi connectivity index (χ3n) is 2.76. The largest absolute Gasteiger partial charge is 0.465 e. The molecule has 0 radical (unpaired) electrons. The van der Waals surface area contributed by atoms with Crippen molar-refractivity contribution >= 4 is 6.09 Å². The molecule has 1 heterocycles. The van der Waals surface area contributed by atoms with E-state index in [4.69, 9.17) is 9.84 Å². The number of aliphatic hydroxyl groups is 1. The van der Waals surface area contributed by atoms with Crippen LogP contribution in [0.2, 0.25) is 0 Å². The van der Waals surface area contributed by atoms with Crippen LogP contribution in [0.3, 0.4) is 0 Å². The molecule has 1 aromatic rings. The van der Waals surface area contributed by atoms with Crippen LogP contribution in [0.15, 0.2) is 24.3 Å². The molecular formula is C11H13NO4. The lowest BCUT2D eigenvalue weighted by Crippen LogP contribution is -2.53. The van der Waals surface area contributed by atoms with Gasteiger partial charge in [0.25, 0.3) is 0 Å². The minimum absolute atomic E-state index is 0.146. The summed E-state index contributed by atoms with van der Waals surface area (Å²) in [6.45, 7) is 0.266. The first-order valence-electron chi connectivity index (χ1n) is 4.96. The smallest absolute Gasteiger partial charge is 0.405 e. The Morgan fingerprint density at radius 3 is 2.94 bits per heavy atom. The van der Waals surface area contributed by atoms with Crippen molar-refractivity contribution in [3.8, 4) is 0 Å². The van der Waals surface area contributed by atoms with Gasteiger partial charge in [0.15, 0.2) is 0 Å². The van der Waals surface area contributed by atoms with Crippen molar-refractivity contribution in [2.45, 2.75) is 12.1 Å². The van der Waals surface area contributed by atoms with Crippen molar-refractivity contribution in [1.29, 1.82) is 0 Å². The highest BCUT2D eigenvalue weighted by molar-refractivity contribution is 5.66. The number of nitrogens with one attached hydrogen (secondary N) is 1. The summed E-state index contributed by atoms with van der Waals surface area (Å²) >= 11 is 0. The molecule has 86 valence electrons. The van der Waals surface area contributed by atoms with Crippen LogP contribution in [0, 0.1) is 0 Å². The van der Waals surface area contributed by atoms with E-state index in [1.807, 2.05) is 24.3 Å². The van der Waals surface area contributed by atoms with Gasteiger partial charge in [-0.15, -0.1) is 0 Å². The third-order valence-corrected chi connectivity index (χ3v) is 2.76. The van der Waals surface area contributed by atoms with E-state index in [2.05, 4.69) is 5.32 Å². The van der Waals surface area contributed by atoms with Gasteiger partial charge in [-0.1, -0.05) is 24.3 Å². The average Bonchev–Trinajstić information content (AvgIpc) is 2.29. The van der Waals surface area contributed by atoms with Gasteiger partial charge in [-0.3, -0.25) is 0 Å². The van der Waals surface area contributed by atoms with Crippen molar-refractivity contribution in [1.82, 2.24) is 5.32 Å². The molecule has 16 heavy (non-hydrogen) atoms. The highest BCUT2D eigenvalue weighted by Gasteiger charge is 2.38. The Balaban J connectivity index is 2.44. The van der Waals surface area contributed by atoms with E-state index in [0.29, 0.717) is 6.61 Å². The summed E-state index contributed by atoms with van der Waals surface area (Å²) in [6.07, 6.45) is -1.17. The predicted molar refractivity (Wildman–Crippen MR) is 56.0 cm³/mol. The number of ether oxygens (including phenoxy) is 1. The minimum atomic E-state index is -1.17. The Bertz CT molecular complexity index is 407. The summed E-state index contributed by atoms with van der Waals surface area (Å²) in [5, 5.41) is 20.6. The average molecular weight is 223 g/mol. The molecule has 0 aromatic heterocycles. The second kappa shape index (κ2) is 4.11. The highest BCUT2D eigenvalue weighted by Crippen LogP contribution is 2.29. The molecular weight excluding hydrogens is 210 g/mol. The molecule has 1 atom stereocenters. The Morgan fingerprint density at radius 2 is 2.25 bits per heavy atom. The number of hydrogen-bond donors (Lipinski definition) is 3. The predicted octanol–water partition coefficient (Wildman–Crippen LogP) is 0.672. The number of aliphatic hydroxyl groups excluding tert-OH is 1. The molecule has 1 aliphatic rings. The number of carboxylic acid groups (broad SMARTS) is 1. The first-order chi connectivity index (χ1) is 7.68. The van der Waals surface area contributed by atoms with Gasteiger partial charge in [0.1, 0.15) is 5.54 Å². The molecule has 1 unspecified atom stereocenters. The molecule has 0 saturated carbocycles. The van der Waals surface area contributed by atoms with Crippen LogP contribution in [-0.2, 0) is 16.9 Å². The normalized spacial score (nSPS) is 23.6. The Morgan fingerprint density at radius 1 is 1.50 bits per heavy atom. The lowest BCUT2D eigenvalue weighted by atomic mass is 9.86. The standard InChI is InChI=1S/C11H13NO4/c13-6-11(12-10(14)15)7-16-5-8-3-1-2-4-9(8)11/h1-4,12-13H,5-7H2,(H,14,15). The number of benzene rings is 1. The van der Waals surface area contributed by atoms with E-state index in [9.17, 15) is 9.90 Å². The lowest BCUT2D eigenvalue weighted by molar-refractivity contribution is 0.00895. The van der Waals surface area contributed by atoms with Gasteiger partial charge in [-0.25, -0.2) is 4.79 Å². The van der Waals surface area contributed by atoms with E-state index >= 15 is 0 Å². The van der Waals surface area contributed by atoms with Crippen molar-refractivity contribution in [3.63, 3.8) is 0 Å². The molecule has 0 saturated heterocycles. The molecule has 5 heteroatoms. The number of amides is 1. The third kappa shape index (κ3) is 1.75. The fourth-order valence-corrected chi connectivity index (χ4v) is 2.00. The zero-order chi connectivity index (χ0) is 11.6. The summed E-state index contributed by atoms with van der Waals surface area (Å²) in [7, 11) is 0. The van der Waals surface area contributed by atoms with Crippen molar-refractivity contribution in [2.24, 2.45) is 0 Å².